The van der Waals surface area contributed by atoms with Crippen LogP contribution in [0.15, 0.2) is 24.3 Å². The van der Waals surface area contributed by atoms with Gasteiger partial charge in [0.15, 0.2) is 12.6 Å². The van der Waals surface area contributed by atoms with E-state index in [0.717, 1.165) is 57.8 Å². The molecule has 0 radical (unpaired) electrons. The molecule has 0 aliphatic carbocycles. The van der Waals surface area contributed by atoms with Gasteiger partial charge in [0, 0.05) is 6.42 Å². The normalized spacial score (nSPS) is 26.7. The number of carbonyl (C=O) groups excluding carboxylic acids is 1. The van der Waals surface area contributed by atoms with Crippen LogP contribution in [0.4, 0.5) is 0 Å². The molecule has 2 heterocycles. The van der Waals surface area contributed by atoms with Crippen molar-refractivity contribution in [3.63, 3.8) is 0 Å². The van der Waals surface area contributed by atoms with Gasteiger partial charge in [0.05, 0.1) is 32.0 Å². The van der Waals surface area contributed by atoms with Gasteiger partial charge in [-0.15, -0.1) is 0 Å². The molecule has 0 bridgehead atoms. The molecule has 14 heteroatoms. The highest BCUT2D eigenvalue weighted by Crippen LogP contribution is 2.30. The number of hydrogen-bond acceptors (Lipinski definition) is 13. The SMILES string of the molecule is CCCCCCC/C=C\C/C=C\CCCCCCCCCCCCCCCC(=O)NC(COC1OC(CO)C(OC2OC(CO)C(O)C(O)C2O)C(O)C1O)C(O)CCCCCCCCCC. The molecule has 12 atom stereocenters. The van der Waals surface area contributed by atoms with Gasteiger partial charge in [0.2, 0.25) is 5.91 Å². The molecule has 2 fully saturated rings. The predicted octanol–water partition coefficient (Wildman–Crippen LogP) is 7.72. The minimum Gasteiger partial charge on any atom is -0.394 e. The molecular formula is C53H99NO13. The van der Waals surface area contributed by atoms with Crippen molar-refractivity contribution in [3.05, 3.63) is 24.3 Å². The zero-order chi connectivity index (χ0) is 48.9. The average Bonchev–Trinajstić information content (AvgIpc) is 3.32. The molecule has 1 amide bonds. The van der Waals surface area contributed by atoms with Crippen LogP contribution in [-0.2, 0) is 23.7 Å². The lowest BCUT2D eigenvalue weighted by atomic mass is 9.97. The van der Waals surface area contributed by atoms with Gasteiger partial charge >= 0.3 is 0 Å². The first-order chi connectivity index (χ1) is 32.6. The summed E-state index contributed by atoms with van der Waals surface area (Å²) < 4.78 is 22.7. The third-order valence-electron chi connectivity index (χ3n) is 13.4. The summed E-state index contributed by atoms with van der Waals surface area (Å²) in [6.07, 6.45) is 27.8. The number of aliphatic hydroxyl groups excluding tert-OH is 8. The molecule has 394 valence electrons. The fourth-order valence-electron chi connectivity index (χ4n) is 8.97. The molecule has 12 unspecified atom stereocenters. The Kier molecular flexibility index (Phi) is 36.9. The van der Waals surface area contributed by atoms with Crippen molar-refractivity contribution >= 4 is 5.91 Å². The van der Waals surface area contributed by atoms with E-state index in [0.29, 0.717) is 12.8 Å². The molecule has 2 aliphatic heterocycles. The van der Waals surface area contributed by atoms with Crippen molar-refractivity contribution in [2.75, 3.05) is 19.8 Å². The topological polar surface area (TPSA) is 228 Å². The number of ether oxygens (including phenoxy) is 4. The van der Waals surface area contributed by atoms with Crippen LogP contribution < -0.4 is 5.32 Å². The van der Waals surface area contributed by atoms with E-state index < -0.39 is 86.8 Å². The van der Waals surface area contributed by atoms with Crippen LogP contribution in [0.3, 0.4) is 0 Å². The summed E-state index contributed by atoms with van der Waals surface area (Å²) in [7, 11) is 0. The monoisotopic (exact) mass is 958 g/mol. The zero-order valence-electron chi connectivity index (χ0n) is 41.9. The van der Waals surface area contributed by atoms with Gasteiger partial charge in [0.1, 0.15) is 48.8 Å². The smallest absolute Gasteiger partial charge is 0.220 e. The van der Waals surface area contributed by atoms with Gasteiger partial charge in [-0.2, -0.15) is 0 Å². The van der Waals surface area contributed by atoms with Crippen LogP contribution in [0.25, 0.3) is 0 Å². The predicted molar refractivity (Wildman–Crippen MR) is 263 cm³/mol. The second-order valence-electron chi connectivity index (χ2n) is 19.4. The summed E-state index contributed by atoms with van der Waals surface area (Å²) in [5, 5.41) is 86.7. The zero-order valence-corrected chi connectivity index (χ0v) is 41.9. The molecule has 67 heavy (non-hydrogen) atoms. The molecule has 0 aromatic carbocycles. The largest absolute Gasteiger partial charge is 0.394 e. The highest BCUT2D eigenvalue weighted by molar-refractivity contribution is 5.76. The van der Waals surface area contributed by atoms with Gasteiger partial charge < -0.3 is 65.1 Å². The van der Waals surface area contributed by atoms with E-state index in [1.165, 1.54) is 128 Å². The van der Waals surface area contributed by atoms with Crippen LogP contribution in [0.5, 0.6) is 0 Å². The Hall–Kier alpha value is -1.53. The maximum Gasteiger partial charge on any atom is 0.220 e. The fraction of sp³-hybridized carbons (Fsp3) is 0.906. The van der Waals surface area contributed by atoms with Crippen LogP contribution in [0, 0.1) is 0 Å². The number of rotatable bonds is 42. The Morgan fingerprint density at radius 3 is 1.49 bits per heavy atom. The lowest BCUT2D eigenvalue weighted by molar-refractivity contribution is -0.359. The number of nitrogens with one attached hydrogen (secondary N) is 1. The minimum atomic E-state index is -1.78. The number of allylic oxidation sites excluding steroid dienone is 4. The summed E-state index contributed by atoms with van der Waals surface area (Å²) in [6.45, 7) is 2.80. The van der Waals surface area contributed by atoms with Crippen LogP contribution >= 0.6 is 0 Å². The molecule has 2 rings (SSSR count). The summed E-state index contributed by atoms with van der Waals surface area (Å²) in [6, 6.07) is -0.824. The Balaban J connectivity index is 1.69. The summed E-state index contributed by atoms with van der Waals surface area (Å²) >= 11 is 0. The van der Waals surface area contributed by atoms with Crippen molar-refractivity contribution < 1.29 is 64.6 Å². The molecule has 0 saturated carbocycles. The lowest BCUT2D eigenvalue weighted by Gasteiger charge is -2.46. The maximum absolute atomic E-state index is 13.2. The van der Waals surface area contributed by atoms with Crippen molar-refractivity contribution in [1.82, 2.24) is 5.32 Å². The van der Waals surface area contributed by atoms with Gasteiger partial charge in [-0.25, -0.2) is 0 Å². The van der Waals surface area contributed by atoms with E-state index >= 15 is 0 Å². The average molecular weight is 958 g/mol. The maximum atomic E-state index is 13.2. The standard InChI is InChI=1S/C53H99NO13/c1-3-5-7-9-11-13-14-15-16-17-18-19-20-21-22-23-24-25-26-27-28-29-31-33-35-37-45(58)54-41(42(57)36-34-32-30-12-10-8-6-4-2)40-64-52-50(63)48(61)51(44(39-56)66-52)67-53-49(62)47(60)46(59)43(38-55)65-53/h14-15,17-18,41-44,46-53,55-57,59-63H,3-13,16,19-40H2,1-2H3,(H,54,58)/b15-14-,18-17-. The van der Waals surface area contributed by atoms with E-state index in [9.17, 15) is 45.6 Å². The van der Waals surface area contributed by atoms with Crippen molar-refractivity contribution in [2.45, 2.75) is 286 Å². The van der Waals surface area contributed by atoms with Gasteiger partial charge in [-0.3, -0.25) is 4.79 Å². The second kappa shape index (κ2) is 40.1. The Bertz CT molecular complexity index is 1220. The van der Waals surface area contributed by atoms with Gasteiger partial charge in [-0.1, -0.05) is 186 Å². The molecular weight excluding hydrogens is 859 g/mol. The summed E-state index contributed by atoms with van der Waals surface area (Å²) in [5.41, 5.74) is 0. The van der Waals surface area contributed by atoms with E-state index in [1.807, 2.05) is 0 Å². The Morgan fingerprint density at radius 1 is 0.537 bits per heavy atom. The molecule has 0 aromatic rings. The van der Waals surface area contributed by atoms with Crippen molar-refractivity contribution in [2.24, 2.45) is 0 Å². The van der Waals surface area contributed by atoms with E-state index in [1.54, 1.807) is 0 Å². The van der Waals surface area contributed by atoms with E-state index in [2.05, 4.69) is 43.5 Å². The highest BCUT2D eigenvalue weighted by atomic mass is 16.7. The van der Waals surface area contributed by atoms with E-state index in [4.69, 9.17) is 18.9 Å². The number of carbonyl (C=O) groups is 1. The van der Waals surface area contributed by atoms with Crippen molar-refractivity contribution in [3.8, 4) is 0 Å². The summed E-state index contributed by atoms with van der Waals surface area (Å²) in [4.78, 5) is 13.2. The third-order valence-corrected chi connectivity index (χ3v) is 13.4. The second-order valence-corrected chi connectivity index (χ2v) is 19.4. The molecule has 0 spiro atoms. The first-order valence-electron chi connectivity index (χ1n) is 27.1. The Morgan fingerprint density at radius 2 is 0.985 bits per heavy atom. The molecule has 0 aromatic heterocycles. The minimum absolute atomic E-state index is 0.210. The first-order valence-corrected chi connectivity index (χ1v) is 27.1. The third kappa shape index (κ3) is 27.0. The number of hydrogen-bond donors (Lipinski definition) is 9. The number of unbranched alkanes of at least 4 members (excludes halogenated alkanes) is 25. The molecule has 9 N–H and O–H groups in total. The van der Waals surface area contributed by atoms with E-state index in [-0.39, 0.29) is 12.5 Å². The Labute approximate surface area is 405 Å². The van der Waals surface area contributed by atoms with Crippen LogP contribution in [0.1, 0.15) is 213 Å². The van der Waals surface area contributed by atoms with Gasteiger partial charge in [-0.05, 0) is 44.9 Å². The number of amides is 1. The first kappa shape index (κ1) is 61.6. The van der Waals surface area contributed by atoms with Crippen LogP contribution in [-0.4, -0.2) is 140 Å². The van der Waals surface area contributed by atoms with Gasteiger partial charge in [0.25, 0.3) is 0 Å². The molecule has 2 saturated heterocycles. The summed E-state index contributed by atoms with van der Waals surface area (Å²) in [5.74, 6) is -0.210. The van der Waals surface area contributed by atoms with Crippen LogP contribution in [0.2, 0.25) is 0 Å². The highest BCUT2D eigenvalue weighted by Gasteiger charge is 2.51. The number of aliphatic hydroxyl groups is 8. The molecule has 2 aliphatic rings. The quantitative estimate of drug-likeness (QED) is 0.0211. The lowest BCUT2D eigenvalue weighted by Crippen LogP contribution is -2.65. The fourth-order valence-corrected chi connectivity index (χ4v) is 8.97. The molecule has 14 nitrogen and oxygen atoms in total. The van der Waals surface area contributed by atoms with Crippen molar-refractivity contribution in [1.29, 1.82) is 0 Å².